The second kappa shape index (κ2) is 12.0. The third kappa shape index (κ3) is 6.77. The Labute approximate surface area is 246 Å². The smallest absolute Gasteiger partial charge is 0.410 e. The van der Waals surface area contributed by atoms with Crippen molar-refractivity contribution < 1.29 is 23.9 Å². The Morgan fingerprint density at radius 3 is 2.62 bits per heavy atom. The standard InChI is InChI=1S/C29H29ClN6O6/c1-29(2,3)42-28(37)35-11-9-20(35)16-41-26-14-23-21(13-24(26)36(38)39)27(33-17-32-23)34-18-7-8-25(22(30)12-18)40-15-19-6-4-5-10-31-19/h4-8,10,12-14,17,20H,9,11,15-16H2,1-3H3,(H,32,33,34). The molecule has 13 heteroatoms. The number of carbonyl (C=O) groups excluding carboxylic acids is 1. The van der Waals surface area contributed by atoms with E-state index in [0.717, 1.165) is 5.69 Å². The maximum atomic E-state index is 12.4. The van der Waals surface area contributed by atoms with Gasteiger partial charge in [0.1, 0.15) is 36.7 Å². The maximum Gasteiger partial charge on any atom is 0.410 e. The molecule has 0 saturated carbocycles. The number of likely N-dealkylation sites (tertiary alicyclic amines) is 1. The highest BCUT2D eigenvalue weighted by atomic mass is 35.5. The summed E-state index contributed by atoms with van der Waals surface area (Å²) in [5, 5.41) is 15.9. The molecule has 0 radical (unpaired) electrons. The topological polar surface area (TPSA) is 142 Å². The Bertz CT molecular complexity index is 1610. The number of halogens is 1. The molecule has 1 aliphatic heterocycles. The number of nitrogens with zero attached hydrogens (tertiary/aromatic N) is 5. The number of carbonyl (C=O) groups is 1. The Kier molecular flexibility index (Phi) is 8.25. The third-order valence-electron chi connectivity index (χ3n) is 6.41. The highest BCUT2D eigenvalue weighted by Crippen LogP contribution is 2.36. The summed E-state index contributed by atoms with van der Waals surface area (Å²) >= 11 is 6.45. The van der Waals surface area contributed by atoms with Gasteiger partial charge in [0.15, 0.2) is 5.75 Å². The highest BCUT2D eigenvalue weighted by molar-refractivity contribution is 6.32. The lowest BCUT2D eigenvalue weighted by Gasteiger charge is -2.40. The molecule has 0 bridgehead atoms. The van der Waals surface area contributed by atoms with E-state index < -0.39 is 16.6 Å². The van der Waals surface area contributed by atoms with Crippen LogP contribution in [-0.4, -0.2) is 55.7 Å². The molecule has 1 atom stereocenters. The Hall–Kier alpha value is -4.71. The number of pyridine rings is 1. The van der Waals surface area contributed by atoms with Crippen LogP contribution in [0, 0.1) is 10.1 Å². The molecule has 1 amide bonds. The van der Waals surface area contributed by atoms with Crippen LogP contribution in [0.15, 0.2) is 61.1 Å². The molecule has 42 heavy (non-hydrogen) atoms. The van der Waals surface area contributed by atoms with Gasteiger partial charge in [-0.2, -0.15) is 0 Å². The van der Waals surface area contributed by atoms with Gasteiger partial charge in [-0.3, -0.25) is 15.1 Å². The first kappa shape index (κ1) is 28.8. The number of nitrogens with one attached hydrogen (secondary N) is 1. The van der Waals surface area contributed by atoms with Crippen LogP contribution >= 0.6 is 11.6 Å². The minimum absolute atomic E-state index is 0.0469. The number of hydrogen-bond donors (Lipinski definition) is 1. The van der Waals surface area contributed by atoms with Crippen molar-refractivity contribution in [3.05, 3.63) is 81.9 Å². The monoisotopic (exact) mass is 592 g/mol. The van der Waals surface area contributed by atoms with Gasteiger partial charge in [-0.25, -0.2) is 14.8 Å². The third-order valence-corrected chi connectivity index (χ3v) is 6.71. The average molecular weight is 593 g/mol. The van der Waals surface area contributed by atoms with Crippen molar-refractivity contribution in [1.82, 2.24) is 19.9 Å². The van der Waals surface area contributed by atoms with Crippen molar-refractivity contribution in [2.24, 2.45) is 0 Å². The highest BCUT2D eigenvalue weighted by Gasteiger charge is 2.36. The molecule has 1 unspecified atom stereocenters. The summed E-state index contributed by atoms with van der Waals surface area (Å²) in [6, 6.07) is 13.3. The molecule has 2 aromatic heterocycles. The number of aromatic nitrogens is 3. The van der Waals surface area contributed by atoms with Crippen molar-refractivity contribution >= 4 is 45.8 Å². The van der Waals surface area contributed by atoms with Crippen LogP contribution in [0.4, 0.5) is 22.0 Å². The molecule has 1 N–H and O–H groups in total. The molecule has 4 aromatic rings. The molecule has 12 nitrogen and oxygen atoms in total. The van der Waals surface area contributed by atoms with E-state index >= 15 is 0 Å². The van der Waals surface area contributed by atoms with Crippen LogP contribution in [0.1, 0.15) is 32.9 Å². The van der Waals surface area contributed by atoms with E-state index in [-0.39, 0.29) is 30.7 Å². The van der Waals surface area contributed by atoms with Gasteiger partial charge in [-0.1, -0.05) is 17.7 Å². The van der Waals surface area contributed by atoms with Crippen molar-refractivity contribution in [2.75, 3.05) is 18.5 Å². The van der Waals surface area contributed by atoms with E-state index in [2.05, 4.69) is 20.3 Å². The van der Waals surface area contributed by atoms with Gasteiger partial charge in [0.25, 0.3) is 0 Å². The molecule has 1 fully saturated rings. The summed E-state index contributed by atoms with van der Waals surface area (Å²) in [6.45, 7) is 6.26. The van der Waals surface area contributed by atoms with Crippen LogP contribution in [0.5, 0.6) is 11.5 Å². The van der Waals surface area contributed by atoms with Gasteiger partial charge in [0, 0.05) is 30.6 Å². The average Bonchev–Trinajstić information content (AvgIpc) is 2.91. The van der Waals surface area contributed by atoms with Gasteiger partial charge in [-0.15, -0.1) is 0 Å². The number of ether oxygens (including phenoxy) is 3. The largest absolute Gasteiger partial charge is 0.486 e. The quantitative estimate of drug-likeness (QED) is 0.174. The van der Waals surface area contributed by atoms with E-state index in [4.69, 9.17) is 25.8 Å². The van der Waals surface area contributed by atoms with Crippen LogP contribution in [0.2, 0.25) is 5.02 Å². The number of anilines is 2. The first-order valence-corrected chi connectivity index (χ1v) is 13.6. The lowest BCUT2D eigenvalue weighted by molar-refractivity contribution is -0.385. The lowest BCUT2D eigenvalue weighted by Crippen LogP contribution is -2.55. The Morgan fingerprint density at radius 2 is 1.95 bits per heavy atom. The molecular weight excluding hydrogens is 564 g/mol. The zero-order valence-corrected chi connectivity index (χ0v) is 24.0. The number of nitro groups is 1. The first-order valence-electron chi connectivity index (χ1n) is 13.2. The van der Waals surface area contributed by atoms with E-state index in [1.54, 1.807) is 50.1 Å². The van der Waals surface area contributed by atoms with Gasteiger partial charge in [-0.05, 0) is 57.5 Å². The number of benzene rings is 2. The zero-order chi connectivity index (χ0) is 29.9. The fourth-order valence-electron chi connectivity index (χ4n) is 4.26. The van der Waals surface area contributed by atoms with Gasteiger partial charge in [0.2, 0.25) is 0 Å². The van der Waals surface area contributed by atoms with E-state index in [9.17, 15) is 14.9 Å². The number of fused-ring (bicyclic) bond motifs is 1. The first-order chi connectivity index (χ1) is 20.1. The summed E-state index contributed by atoms with van der Waals surface area (Å²) in [5.74, 6) is 0.878. The molecule has 1 saturated heterocycles. The predicted octanol–water partition coefficient (Wildman–Crippen LogP) is 6.30. The lowest BCUT2D eigenvalue weighted by atomic mass is 10.1. The normalized spacial score (nSPS) is 14.7. The van der Waals surface area contributed by atoms with Gasteiger partial charge in [0.05, 0.1) is 32.6 Å². The van der Waals surface area contributed by atoms with Gasteiger partial charge < -0.3 is 24.4 Å². The number of hydrogen-bond acceptors (Lipinski definition) is 10. The number of amides is 1. The van der Waals surface area contributed by atoms with Crippen LogP contribution in [0.3, 0.4) is 0 Å². The summed E-state index contributed by atoms with van der Waals surface area (Å²) in [4.78, 5) is 38.2. The Morgan fingerprint density at radius 1 is 1.12 bits per heavy atom. The Balaban J connectivity index is 1.31. The van der Waals surface area contributed by atoms with Gasteiger partial charge >= 0.3 is 11.8 Å². The van der Waals surface area contributed by atoms with E-state index in [1.807, 2.05) is 18.2 Å². The molecular formula is C29H29ClN6O6. The second-order valence-corrected chi connectivity index (χ2v) is 11.0. The maximum absolute atomic E-state index is 12.4. The number of rotatable bonds is 9. The van der Waals surface area contributed by atoms with Crippen LogP contribution in [-0.2, 0) is 11.3 Å². The molecule has 3 heterocycles. The number of nitro benzene ring substituents is 1. The molecule has 0 spiro atoms. The summed E-state index contributed by atoms with van der Waals surface area (Å²) in [7, 11) is 0. The predicted molar refractivity (Wildman–Crippen MR) is 156 cm³/mol. The molecule has 2 aromatic carbocycles. The molecule has 0 aliphatic carbocycles. The van der Waals surface area contributed by atoms with Crippen molar-refractivity contribution in [3.8, 4) is 11.5 Å². The zero-order valence-electron chi connectivity index (χ0n) is 23.2. The van der Waals surface area contributed by atoms with Crippen molar-refractivity contribution in [2.45, 2.75) is 45.4 Å². The van der Waals surface area contributed by atoms with Crippen LogP contribution < -0.4 is 14.8 Å². The fourth-order valence-corrected chi connectivity index (χ4v) is 4.49. The van der Waals surface area contributed by atoms with Crippen molar-refractivity contribution in [1.29, 1.82) is 0 Å². The summed E-state index contributed by atoms with van der Waals surface area (Å²) < 4.78 is 17.1. The molecule has 1 aliphatic rings. The summed E-state index contributed by atoms with van der Waals surface area (Å²) in [5.41, 5.74) is 0.926. The fraction of sp³-hybridized carbons (Fsp3) is 0.310. The SMILES string of the molecule is CC(C)(C)OC(=O)N1CCC1COc1cc2ncnc(Nc3ccc(OCc4ccccn4)c(Cl)c3)c2cc1[N+](=O)[O-]. The van der Waals surface area contributed by atoms with Crippen LogP contribution in [0.25, 0.3) is 10.9 Å². The molecule has 5 rings (SSSR count). The second-order valence-electron chi connectivity index (χ2n) is 10.6. The van der Waals surface area contributed by atoms with E-state index in [1.165, 1.54) is 18.5 Å². The minimum Gasteiger partial charge on any atom is -0.486 e. The van der Waals surface area contributed by atoms with Crippen molar-refractivity contribution in [3.63, 3.8) is 0 Å². The summed E-state index contributed by atoms with van der Waals surface area (Å²) in [6.07, 6.45) is 3.30. The molecule has 218 valence electrons. The minimum atomic E-state index is -0.623. The van der Waals surface area contributed by atoms with E-state index in [0.29, 0.717) is 46.1 Å².